The number of nitrogens with one attached hydrogen (secondary N) is 1. The van der Waals surface area contributed by atoms with E-state index in [0.717, 1.165) is 12.0 Å². The largest absolute Gasteiger partial charge is 0.392 e. The fraction of sp³-hybridized carbons (Fsp3) is 0.625. The second-order valence-corrected chi connectivity index (χ2v) is 5.62. The third-order valence-electron chi connectivity index (χ3n) is 3.98. The smallest absolute Gasteiger partial charge is 0.0914 e. The molecule has 2 unspecified atom stereocenters. The third-order valence-corrected chi connectivity index (χ3v) is 3.98. The van der Waals surface area contributed by atoms with Crippen molar-refractivity contribution in [1.29, 1.82) is 0 Å². The average molecular weight is 263 g/mol. The molecule has 0 aliphatic heterocycles. The van der Waals surface area contributed by atoms with Gasteiger partial charge in [0.05, 0.1) is 12.2 Å². The Balaban J connectivity index is 1.62. The number of aliphatic hydroxyl groups is 2. The molecule has 3 N–H and O–H groups in total. The lowest BCUT2D eigenvalue weighted by molar-refractivity contribution is 0.127. The first-order valence-corrected chi connectivity index (χ1v) is 7.37. The van der Waals surface area contributed by atoms with Crippen molar-refractivity contribution >= 4 is 0 Å². The van der Waals surface area contributed by atoms with E-state index >= 15 is 0 Å². The first kappa shape index (κ1) is 14.5. The Kier molecular flexibility index (Phi) is 5.83. The summed E-state index contributed by atoms with van der Waals surface area (Å²) in [4.78, 5) is 0. The van der Waals surface area contributed by atoms with Gasteiger partial charge in [-0.05, 0) is 17.9 Å². The van der Waals surface area contributed by atoms with Crippen LogP contribution in [0.2, 0.25) is 0 Å². The molecule has 1 fully saturated rings. The van der Waals surface area contributed by atoms with Crippen LogP contribution in [0.5, 0.6) is 0 Å². The molecule has 1 aromatic carbocycles. The van der Waals surface area contributed by atoms with Gasteiger partial charge in [-0.3, -0.25) is 0 Å². The van der Waals surface area contributed by atoms with Crippen molar-refractivity contribution in [3.05, 3.63) is 35.9 Å². The number of rotatable bonds is 7. The second-order valence-electron chi connectivity index (χ2n) is 5.62. The first-order valence-electron chi connectivity index (χ1n) is 7.37. The molecule has 0 saturated heterocycles. The van der Waals surface area contributed by atoms with Crippen LogP contribution in [0.25, 0.3) is 0 Å². The zero-order valence-corrected chi connectivity index (χ0v) is 11.5. The average Bonchev–Trinajstić information content (AvgIpc) is 2.92. The Morgan fingerprint density at radius 3 is 2.42 bits per heavy atom. The highest BCUT2D eigenvalue weighted by Gasteiger charge is 2.18. The maximum absolute atomic E-state index is 9.97. The Morgan fingerprint density at radius 1 is 1.05 bits per heavy atom. The van der Waals surface area contributed by atoms with Crippen LogP contribution in [-0.2, 0) is 0 Å². The van der Waals surface area contributed by atoms with E-state index < -0.39 is 6.10 Å². The topological polar surface area (TPSA) is 52.5 Å². The monoisotopic (exact) mass is 263 g/mol. The van der Waals surface area contributed by atoms with E-state index in [4.69, 9.17) is 0 Å². The van der Waals surface area contributed by atoms with Crippen LogP contribution in [-0.4, -0.2) is 29.4 Å². The molecule has 1 saturated carbocycles. The maximum atomic E-state index is 9.97. The lowest BCUT2D eigenvalue weighted by Gasteiger charge is -2.17. The zero-order chi connectivity index (χ0) is 13.5. The number of benzene rings is 1. The molecular formula is C16H25NO2. The predicted octanol–water partition coefficient (Wildman–Crippen LogP) is 2.25. The van der Waals surface area contributed by atoms with E-state index in [1.165, 1.54) is 25.7 Å². The van der Waals surface area contributed by atoms with Gasteiger partial charge in [-0.15, -0.1) is 0 Å². The van der Waals surface area contributed by atoms with Gasteiger partial charge in [0.2, 0.25) is 0 Å². The van der Waals surface area contributed by atoms with E-state index in [0.29, 0.717) is 19.0 Å². The van der Waals surface area contributed by atoms with Crippen LogP contribution in [0.1, 0.15) is 43.8 Å². The molecule has 0 bridgehead atoms. The molecule has 19 heavy (non-hydrogen) atoms. The van der Waals surface area contributed by atoms with Crippen molar-refractivity contribution in [3.63, 3.8) is 0 Å². The summed E-state index contributed by atoms with van der Waals surface area (Å²) in [6.45, 7) is 1.06. The molecule has 1 aliphatic rings. The first-order chi connectivity index (χ1) is 9.25. The fourth-order valence-corrected chi connectivity index (χ4v) is 2.89. The van der Waals surface area contributed by atoms with Crippen molar-refractivity contribution in [2.45, 2.75) is 44.3 Å². The molecule has 0 aromatic heterocycles. The molecule has 3 nitrogen and oxygen atoms in total. The maximum Gasteiger partial charge on any atom is 0.0914 e. The SMILES string of the molecule is OC(CNCC(O)c1ccccc1)CC1CCCC1. The predicted molar refractivity (Wildman–Crippen MR) is 76.9 cm³/mol. The fourth-order valence-electron chi connectivity index (χ4n) is 2.89. The lowest BCUT2D eigenvalue weighted by atomic mass is 10.00. The Labute approximate surface area is 115 Å². The van der Waals surface area contributed by atoms with Crippen molar-refractivity contribution < 1.29 is 10.2 Å². The van der Waals surface area contributed by atoms with E-state index in [1.807, 2.05) is 30.3 Å². The van der Waals surface area contributed by atoms with E-state index in [-0.39, 0.29) is 6.10 Å². The van der Waals surface area contributed by atoms with Crippen LogP contribution < -0.4 is 5.32 Å². The lowest BCUT2D eigenvalue weighted by Crippen LogP contribution is -2.31. The molecule has 0 heterocycles. The molecule has 0 radical (unpaired) electrons. The molecule has 3 heteroatoms. The highest BCUT2D eigenvalue weighted by atomic mass is 16.3. The van der Waals surface area contributed by atoms with E-state index in [1.54, 1.807) is 0 Å². The Hall–Kier alpha value is -0.900. The van der Waals surface area contributed by atoms with Gasteiger partial charge >= 0.3 is 0 Å². The molecule has 2 atom stereocenters. The molecule has 0 amide bonds. The van der Waals surface area contributed by atoms with Crippen LogP contribution in [0.4, 0.5) is 0 Å². The summed E-state index contributed by atoms with van der Waals surface area (Å²) in [7, 11) is 0. The highest BCUT2D eigenvalue weighted by Crippen LogP contribution is 2.28. The van der Waals surface area contributed by atoms with Crippen molar-refractivity contribution in [2.24, 2.45) is 5.92 Å². The second kappa shape index (κ2) is 7.63. The quantitative estimate of drug-likeness (QED) is 0.707. The van der Waals surface area contributed by atoms with Crippen LogP contribution in [0.3, 0.4) is 0 Å². The standard InChI is InChI=1S/C16H25NO2/c18-15(10-13-6-4-5-7-13)11-17-12-16(19)14-8-2-1-3-9-14/h1-3,8-9,13,15-19H,4-7,10-12H2. The summed E-state index contributed by atoms with van der Waals surface area (Å²) in [6, 6.07) is 9.62. The van der Waals surface area contributed by atoms with Gasteiger partial charge in [0, 0.05) is 13.1 Å². The van der Waals surface area contributed by atoms with Gasteiger partial charge in [-0.1, -0.05) is 56.0 Å². The summed E-state index contributed by atoms with van der Waals surface area (Å²) < 4.78 is 0. The summed E-state index contributed by atoms with van der Waals surface area (Å²) in [5.74, 6) is 0.704. The summed E-state index contributed by atoms with van der Waals surface area (Å²) in [6.07, 6.45) is 5.28. The van der Waals surface area contributed by atoms with Crippen molar-refractivity contribution in [2.75, 3.05) is 13.1 Å². The van der Waals surface area contributed by atoms with Crippen molar-refractivity contribution in [1.82, 2.24) is 5.32 Å². The number of hydrogen-bond acceptors (Lipinski definition) is 3. The minimum absolute atomic E-state index is 0.286. The van der Waals surface area contributed by atoms with E-state index in [9.17, 15) is 10.2 Å². The third kappa shape index (κ3) is 4.94. The van der Waals surface area contributed by atoms with Crippen LogP contribution in [0.15, 0.2) is 30.3 Å². The van der Waals surface area contributed by atoms with Gasteiger partial charge in [0.25, 0.3) is 0 Å². The molecular weight excluding hydrogens is 238 g/mol. The van der Waals surface area contributed by atoms with Crippen LogP contribution in [0, 0.1) is 5.92 Å². The highest BCUT2D eigenvalue weighted by molar-refractivity contribution is 5.17. The van der Waals surface area contributed by atoms with Crippen molar-refractivity contribution in [3.8, 4) is 0 Å². The van der Waals surface area contributed by atoms with Crippen LogP contribution >= 0.6 is 0 Å². The Morgan fingerprint density at radius 2 is 1.74 bits per heavy atom. The summed E-state index contributed by atoms with van der Waals surface area (Å²) >= 11 is 0. The molecule has 2 rings (SSSR count). The van der Waals surface area contributed by atoms with E-state index in [2.05, 4.69) is 5.32 Å². The minimum Gasteiger partial charge on any atom is -0.392 e. The van der Waals surface area contributed by atoms with Gasteiger partial charge in [0.15, 0.2) is 0 Å². The molecule has 106 valence electrons. The minimum atomic E-state index is -0.500. The van der Waals surface area contributed by atoms with Gasteiger partial charge in [-0.25, -0.2) is 0 Å². The molecule has 1 aromatic rings. The summed E-state index contributed by atoms with van der Waals surface area (Å²) in [5, 5.41) is 23.1. The van der Waals surface area contributed by atoms with Gasteiger partial charge in [0.1, 0.15) is 0 Å². The Bertz CT molecular complexity index is 349. The number of aliphatic hydroxyl groups excluding tert-OH is 2. The normalized spacial score (nSPS) is 19.5. The van der Waals surface area contributed by atoms with Gasteiger partial charge < -0.3 is 15.5 Å². The zero-order valence-electron chi connectivity index (χ0n) is 11.5. The van der Waals surface area contributed by atoms with Gasteiger partial charge in [-0.2, -0.15) is 0 Å². The molecule has 0 spiro atoms. The number of hydrogen-bond donors (Lipinski definition) is 3. The molecule has 1 aliphatic carbocycles. The summed E-state index contributed by atoms with van der Waals surface area (Å²) in [5.41, 5.74) is 0.917.